The van der Waals surface area contributed by atoms with Crippen LogP contribution in [0.1, 0.15) is 26.7 Å². The van der Waals surface area contributed by atoms with Crippen LogP contribution in [0, 0.1) is 0 Å². The van der Waals surface area contributed by atoms with Gasteiger partial charge in [-0.2, -0.15) is 0 Å². The van der Waals surface area contributed by atoms with Gasteiger partial charge in [0.15, 0.2) is 0 Å². The Hall–Kier alpha value is -1.04. The molecule has 0 heterocycles. The first kappa shape index (κ1) is 11.0. The van der Waals surface area contributed by atoms with Crippen molar-refractivity contribution in [2.45, 2.75) is 26.7 Å². The van der Waals surface area contributed by atoms with Crippen LogP contribution in [0.3, 0.4) is 0 Å². The summed E-state index contributed by atoms with van der Waals surface area (Å²) in [5, 5.41) is 0. The van der Waals surface area contributed by atoms with E-state index in [-0.39, 0.29) is 0 Å². The Kier molecular flexibility index (Phi) is 7.36. The van der Waals surface area contributed by atoms with E-state index < -0.39 is 0 Å². The largest absolute Gasteiger partial charge is 0.0990 e. The molecule has 0 aliphatic rings. The van der Waals surface area contributed by atoms with Gasteiger partial charge in [0.05, 0.1) is 0 Å². The first-order valence-corrected chi connectivity index (χ1v) is 4.50. The maximum atomic E-state index is 3.67. The molecule has 0 atom stereocenters. The summed E-state index contributed by atoms with van der Waals surface area (Å²) >= 11 is 0. The average Bonchev–Trinajstić information content (AvgIpc) is 2.10. The predicted octanol–water partition coefficient (Wildman–Crippen LogP) is 4.03. The molecular formula is C12H18. The van der Waals surface area contributed by atoms with Gasteiger partial charge in [0, 0.05) is 0 Å². The normalized spacial score (nSPS) is 13.0. The summed E-state index contributed by atoms with van der Waals surface area (Å²) in [5.41, 5.74) is 1.22. The summed E-state index contributed by atoms with van der Waals surface area (Å²) < 4.78 is 0. The third kappa shape index (κ3) is 5.72. The maximum absolute atomic E-state index is 3.67. The summed E-state index contributed by atoms with van der Waals surface area (Å²) in [6.45, 7) is 7.93. The Bertz CT molecular complexity index is 176. The SMILES string of the molecule is C=CC=C(/C=C\CC)/C=C/CC. The second-order valence-electron chi connectivity index (χ2n) is 2.52. The molecule has 0 aromatic carbocycles. The molecule has 0 aromatic heterocycles. The molecule has 0 nitrogen and oxygen atoms in total. The van der Waals surface area contributed by atoms with Crippen molar-refractivity contribution < 1.29 is 0 Å². The highest BCUT2D eigenvalue weighted by molar-refractivity contribution is 5.33. The monoisotopic (exact) mass is 162 g/mol. The molecule has 0 rings (SSSR count). The van der Waals surface area contributed by atoms with Crippen LogP contribution in [-0.4, -0.2) is 0 Å². The van der Waals surface area contributed by atoms with Crippen LogP contribution in [0.15, 0.2) is 48.6 Å². The van der Waals surface area contributed by atoms with E-state index in [0.717, 1.165) is 12.8 Å². The van der Waals surface area contributed by atoms with E-state index >= 15 is 0 Å². The van der Waals surface area contributed by atoms with Crippen LogP contribution < -0.4 is 0 Å². The van der Waals surface area contributed by atoms with E-state index in [1.165, 1.54) is 5.57 Å². The van der Waals surface area contributed by atoms with Gasteiger partial charge in [-0.15, -0.1) is 0 Å². The number of rotatable bonds is 5. The quantitative estimate of drug-likeness (QED) is 0.535. The highest BCUT2D eigenvalue weighted by Gasteiger charge is 1.81. The van der Waals surface area contributed by atoms with E-state index in [2.05, 4.69) is 44.7 Å². The fourth-order valence-electron chi connectivity index (χ4n) is 0.811. The lowest BCUT2D eigenvalue weighted by molar-refractivity contribution is 1.21. The van der Waals surface area contributed by atoms with Gasteiger partial charge in [-0.1, -0.05) is 56.9 Å². The minimum atomic E-state index is 1.08. The van der Waals surface area contributed by atoms with Crippen molar-refractivity contribution in [3.8, 4) is 0 Å². The van der Waals surface area contributed by atoms with Crippen molar-refractivity contribution in [1.29, 1.82) is 0 Å². The van der Waals surface area contributed by atoms with E-state index in [4.69, 9.17) is 0 Å². The number of hydrogen-bond donors (Lipinski definition) is 0. The summed E-state index contributed by atoms with van der Waals surface area (Å²) in [5.74, 6) is 0. The molecule has 0 fully saturated rings. The van der Waals surface area contributed by atoms with Crippen LogP contribution in [0.25, 0.3) is 0 Å². The van der Waals surface area contributed by atoms with Crippen molar-refractivity contribution in [2.75, 3.05) is 0 Å². The van der Waals surface area contributed by atoms with Gasteiger partial charge in [0.25, 0.3) is 0 Å². The average molecular weight is 162 g/mol. The first-order valence-electron chi connectivity index (χ1n) is 4.50. The first-order chi connectivity index (χ1) is 5.85. The molecule has 0 unspecified atom stereocenters. The Morgan fingerprint density at radius 2 is 1.58 bits per heavy atom. The molecule has 0 heteroatoms. The van der Waals surface area contributed by atoms with Gasteiger partial charge < -0.3 is 0 Å². The minimum absolute atomic E-state index is 1.08. The highest BCUT2D eigenvalue weighted by atomic mass is 13.9. The zero-order valence-corrected chi connectivity index (χ0v) is 8.09. The third-order valence-corrected chi connectivity index (χ3v) is 1.40. The highest BCUT2D eigenvalue weighted by Crippen LogP contribution is 2.01. The van der Waals surface area contributed by atoms with E-state index in [9.17, 15) is 0 Å². The molecule has 0 spiro atoms. The van der Waals surface area contributed by atoms with E-state index in [1.807, 2.05) is 12.2 Å². The summed E-state index contributed by atoms with van der Waals surface area (Å²) in [7, 11) is 0. The maximum Gasteiger partial charge on any atom is -0.0263 e. The van der Waals surface area contributed by atoms with Gasteiger partial charge in [0.1, 0.15) is 0 Å². The molecule has 0 radical (unpaired) electrons. The topological polar surface area (TPSA) is 0 Å². The van der Waals surface area contributed by atoms with Crippen molar-refractivity contribution in [2.24, 2.45) is 0 Å². The Morgan fingerprint density at radius 1 is 1.08 bits per heavy atom. The lowest BCUT2D eigenvalue weighted by Crippen LogP contribution is -1.69. The minimum Gasteiger partial charge on any atom is -0.0990 e. The van der Waals surface area contributed by atoms with Gasteiger partial charge in [-0.25, -0.2) is 0 Å². The molecule has 0 saturated carbocycles. The fourth-order valence-corrected chi connectivity index (χ4v) is 0.811. The molecule has 66 valence electrons. The Morgan fingerprint density at radius 3 is 1.92 bits per heavy atom. The van der Waals surface area contributed by atoms with Crippen LogP contribution in [0.4, 0.5) is 0 Å². The predicted molar refractivity (Wildman–Crippen MR) is 57.1 cm³/mol. The lowest BCUT2D eigenvalue weighted by Gasteiger charge is -1.90. The van der Waals surface area contributed by atoms with Crippen LogP contribution in [0.5, 0.6) is 0 Å². The third-order valence-electron chi connectivity index (χ3n) is 1.40. The standard InChI is InChI=1S/C12H18/c1-4-7-10-12(9-6-3)11-8-5-2/h6-11H,3-5H2,1-2H3/b10-7-,11-8+,12-9?. The zero-order chi connectivity index (χ0) is 9.23. The number of hydrogen-bond acceptors (Lipinski definition) is 0. The van der Waals surface area contributed by atoms with Gasteiger partial charge >= 0.3 is 0 Å². The molecule has 0 amide bonds. The van der Waals surface area contributed by atoms with Gasteiger partial charge in [-0.05, 0) is 18.4 Å². The number of allylic oxidation sites excluding steroid dienone is 7. The van der Waals surface area contributed by atoms with E-state index in [0.29, 0.717) is 0 Å². The second kappa shape index (κ2) is 8.06. The van der Waals surface area contributed by atoms with Crippen molar-refractivity contribution in [3.63, 3.8) is 0 Å². The molecule has 0 aliphatic heterocycles. The van der Waals surface area contributed by atoms with Crippen molar-refractivity contribution in [1.82, 2.24) is 0 Å². The molecule has 0 bridgehead atoms. The molecule has 0 N–H and O–H groups in total. The van der Waals surface area contributed by atoms with Crippen molar-refractivity contribution >= 4 is 0 Å². The second-order valence-corrected chi connectivity index (χ2v) is 2.52. The zero-order valence-electron chi connectivity index (χ0n) is 8.09. The molecule has 12 heavy (non-hydrogen) atoms. The smallest absolute Gasteiger partial charge is 0.0263 e. The molecule has 0 aromatic rings. The van der Waals surface area contributed by atoms with Gasteiger partial charge in [-0.3, -0.25) is 0 Å². The summed E-state index contributed by atoms with van der Waals surface area (Å²) in [4.78, 5) is 0. The van der Waals surface area contributed by atoms with Crippen LogP contribution >= 0.6 is 0 Å². The lowest BCUT2D eigenvalue weighted by atomic mass is 10.2. The molecular weight excluding hydrogens is 144 g/mol. The van der Waals surface area contributed by atoms with Crippen LogP contribution in [0.2, 0.25) is 0 Å². The Balaban J connectivity index is 4.23. The Labute approximate surface area is 76.0 Å². The fraction of sp³-hybridized carbons (Fsp3) is 0.333. The molecule has 0 aliphatic carbocycles. The van der Waals surface area contributed by atoms with Crippen molar-refractivity contribution in [3.05, 3.63) is 48.6 Å². The summed E-state index contributed by atoms with van der Waals surface area (Å²) in [6.07, 6.45) is 14.5. The molecule has 0 saturated heterocycles. The van der Waals surface area contributed by atoms with E-state index in [1.54, 1.807) is 0 Å². The van der Waals surface area contributed by atoms with Crippen LogP contribution in [-0.2, 0) is 0 Å². The van der Waals surface area contributed by atoms with Gasteiger partial charge in [0.2, 0.25) is 0 Å². The summed E-state index contributed by atoms with van der Waals surface area (Å²) in [6, 6.07) is 0.